The molecule has 0 saturated carbocycles. The van der Waals surface area contributed by atoms with E-state index in [1.165, 1.54) is 12.4 Å². The molecule has 0 atom stereocenters. The molecule has 0 aliphatic rings. The van der Waals surface area contributed by atoms with Gasteiger partial charge in [-0.15, -0.1) is 0 Å². The molecule has 2 N–H and O–H groups in total. The number of H-pyrrole nitrogens is 1. The first-order valence-electron chi connectivity index (χ1n) is 5.37. The number of carbonyl (C=O) groups excluding carboxylic acids is 1. The Morgan fingerprint density at radius 3 is 2.83 bits per heavy atom. The first-order chi connectivity index (χ1) is 8.37. The zero-order chi connectivity index (χ0) is 13.6. The zero-order valence-electron chi connectivity index (χ0n) is 10.5. The molecular formula is C12H15N3O3. The second-order valence-corrected chi connectivity index (χ2v) is 4.46. The highest BCUT2D eigenvalue weighted by atomic mass is 16.6. The van der Waals surface area contributed by atoms with Crippen LogP contribution in [-0.2, 0) is 4.74 Å². The Labute approximate surface area is 105 Å². The predicted octanol–water partition coefficient (Wildman–Crippen LogP) is 0.646. The fraction of sp³-hybridized carbons (Fsp3) is 0.417. The van der Waals surface area contributed by atoms with Crippen LogP contribution in [0.4, 0.5) is 4.79 Å². The summed E-state index contributed by atoms with van der Waals surface area (Å²) < 4.78 is 5.03. The molecule has 0 fully saturated rings. The van der Waals surface area contributed by atoms with Crippen LogP contribution in [-0.4, -0.2) is 28.2 Å². The highest BCUT2D eigenvalue weighted by molar-refractivity contribution is 5.68. The van der Waals surface area contributed by atoms with E-state index in [1.54, 1.807) is 20.8 Å². The molecule has 18 heavy (non-hydrogen) atoms. The van der Waals surface area contributed by atoms with Crippen molar-refractivity contribution >= 4 is 6.09 Å². The number of carbonyl (C=O) groups is 1. The molecule has 0 aliphatic carbocycles. The van der Waals surface area contributed by atoms with Crippen molar-refractivity contribution in [1.29, 1.82) is 0 Å². The van der Waals surface area contributed by atoms with Gasteiger partial charge in [-0.2, -0.15) is 0 Å². The Kier molecular flexibility index (Phi) is 4.49. The lowest BCUT2D eigenvalue weighted by Gasteiger charge is -2.18. The van der Waals surface area contributed by atoms with Crippen LogP contribution in [0.1, 0.15) is 26.3 Å². The molecule has 0 radical (unpaired) electrons. The summed E-state index contributed by atoms with van der Waals surface area (Å²) in [5.41, 5.74) is -0.381. The molecule has 0 aromatic carbocycles. The number of hydrogen-bond acceptors (Lipinski definition) is 4. The van der Waals surface area contributed by atoms with E-state index < -0.39 is 17.4 Å². The Hall–Kier alpha value is -2.29. The summed E-state index contributed by atoms with van der Waals surface area (Å²) in [6, 6.07) is 0. The van der Waals surface area contributed by atoms with Crippen LogP contribution < -0.4 is 11.0 Å². The monoisotopic (exact) mass is 249 g/mol. The lowest BCUT2D eigenvalue weighted by atomic mass is 10.2. The van der Waals surface area contributed by atoms with Crippen LogP contribution >= 0.6 is 0 Å². The van der Waals surface area contributed by atoms with Gasteiger partial charge in [0.05, 0.1) is 12.1 Å². The minimum absolute atomic E-state index is 0.161. The summed E-state index contributed by atoms with van der Waals surface area (Å²) in [5, 5.41) is 2.49. The van der Waals surface area contributed by atoms with Crippen molar-refractivity contribution < 1.29 is 9.53 Å². The third kappa shape index (κ3) is 5.70. The normalized spacial score (nSPS) is 10.2. The van der Waals surface area contributed by atoms with E-state index >= 15 is 0 Å². The Morgan fingerprint density at radius 2 is 2.28 bits per heavy atom. The van der Waals surface area contributed by atoms with Gasteiger partial charge < -0.3 is 15.0 Å². The third-order valence-electron chi connectivity index (χ3n) is 1.62. The average molecular weight is 249 g/mol. The van der Waals surface area contributed by atoms with Crippen molar-refractivity contribution in [2.75, 3.05) is 6.54 Å². The molecule has 0 bridgehead atoms. The molecule has 0 spiro atoms. The Morgan fingerprint density at radius 1 is 1.56 bits per heavy atom. The molecule has 1 aromatic rings. The van der Waals surface area contributed by atoms with Crippen molar-refractivity contribution in [2.45, 2.75) is 26.4 Å². The van der Waals surface area contributed by atoms with Gasteiger partial charge in [0, 0.05) is 12.4 Å². The summed E-state index contributed by atoms with van der Waals surface area (Å²) in [6.07, 6.45) is 2.30. The highest BCUT2D eigenvalue weighted by Crippen LogP contribution is 2.05. The maximum absolute atomic E-state index is 11.3. The fourth-order valence-electron chi connectivity index (χ4n) is 0.987. The van der Waals surface area contributed by atoms with Gasteiger partial charge in [-0.25, -0.2) is 14.6 Å². The third-order valence-corrected chi connectivity index (χ3v) is 1.62. The highest BCUT2D eigenvalue weighted by Gasteiger charge is 2.14. The van der Waals surface area contributed by atoms with Crippen molar-refractivity contribution in [2.24, 2.45) is 0 Å². The van der Waals surface area contributed by atoms with Crippen LogP contribution in [0, 0.1) is 11.8 Å². The van der Waals surface area contributed by atoms with Crippen molar-refractivity contribution in [3.63, 3.8) is 0 Å². The molecule has 0 saturated heterocycles. The summed E-state index contributed by atoms with van der Waals surface area (Å²) in [6.45, 7) is 5.51. The smallest absolute Gasteiger partial charge is 0.408 e. The SMILES string of the molecule is CC(C)(C)OC(=O)NCC#Cc1cnc(=O)[nH]c1. The van der Waals surface area contributed by atoms with E-state index in [9.17, 15) is 9.59 Å². The number of amides is 1. The van der Waals surface area contributed by atoms with Crippen LogP contribution in [0.3, 0.4) is 0 Å². The second-order valence-electron chi connectivity index (χ2n) is 4.46. The lowest BCUT2D eigenvalue weighted by Crippen LogP contribution is -2.32. The molecule has 0 aliphatic heterocycles. The number of aromatic nitrogens is 2. The van der Waals surface area contributed by atoms with E-state index in [1.807, 2.05) is 0 Å². The molecule has 96 valence electrons. The van der Waals surface area contributed by atoms with Gasteiger partial charge >= 0.3 is 11.8 Å². The van der Waals surface area contributed by atoms with E-state index in [0.29, 0.717) is 5.56 Å². The molecule has 1 heterocycles. The lowest BCUT2D eigenvalue weighted by molar-refractivity contribution is 0.0535. The first kappa shape index (κ1) is 13.8. The largest absolute Gasteiger partial charge is 0.444 e. The van der Waals surface area contributed by atoms with Crippen molar-refractivity contribution in [1.82, 2.24) is 15.3 Å². The summed E-state index contributed by atoms with van der Waals surface area (Å²) in [5.74, 6) is 5.45. The molecule has 1 amide bonds. The van der Waals surface area contributed by atoms with Gasteiger partial charge in [0.1, 0.15) is 5.60 Å². The first-order valence-corrected chi connectivity index (χ1v) is 5.37. The van der Waals surface area contributed by atoms with Gasteiger partial charge in [-0.3, -0.25) is 0 Å². The number of ether oxygens (including phenoxy) is 1. The maximum atomic E-state index is 11.3. The van der Waals surface area contributed by atoms with Crippen LogP contribution in [0.25, 0.3) is 0 Å². The summed E-state index contributed by atoms with van der Waals surface area (Å²) >= 11 is 0. The van der Waals surface area contributed by atoms with Gasteiger partial charge in [0.15, 0.2) is 0 Å². The number of nitrogens with zero attached hydrogens (tertiary/aromatic N) is 1. The summed E-state index contributed by atoms with van der Waals surface area (Å²) in [7, 11) is 0. The number of nitrogens with one attached hydrogen (secondary N) is 2. The predicted molar refractivity (Wildman–Crippen MR) is 66.0 cm³/mol. The molecule has 1 rings (SSSR count). The van der Waals surface area contributed by atoms with Crippen LogP contribution in [0.2, 0.25) is 0 Å². The van der Waals surface area contributed by atoms with Gasteiger partial charge in [-0.1, -0.05) is 11.8 Å². The molecule has 1 aromatic heterocycles. The number of aromatic amines is 1. The minimum Gasteiger partial charge on any atom is -0.444 e. The van der Waals surface area contributed by atoms with Crippen LogP contribution in [0.15, 0.2) is 17.2 Å². The standard InChI is InChI=1S/C12H15N3O3/c1-12(2,3)18-11(17)13-6-4-5-9-7-14-10(16)15-8-9/h7-8H,6H2,1-3H3,(H,13,17)(H,14,15,16). The van der Waals surface area contributed by atoms with E-state index in [0.717, 1.165) is 0 Å². The fourth-order valence-corrected chi connectivity index (χ4v) is 0.987. The van der Waals surface area contributed by atoms with Crippen molar-refractivity contribution in [3.8, 4) is 11.8 Å². The number of alkyl carbamates (subject to hydrolysis) is 1. The molecule has 6 heteroatoms. The molecule has 0 unspecified atom stereocenters. The topological polar surface area (TPSA) is 84.1 Å². The molecular weight excluding hydrogens is 234 g/mol. The Balaban J connectivity index is 2.41. The average Bonchev–Trinajstić information content (AvgIpc) is 2.24. The van der Waals surface area contributed by atoms with E-state index in [-0.39, 0.29) is 6.54 Å². The Bertz CT molecular complexity index is 511. The van der Waals surface area contributed by atoms with E-state index in [4.69, 9.17) is 4.74 Å². The van der Waals surface area contributed by atoms with Gasteiger partial charge in [0.25, 0.3) is 0 Å². The van der Waals surface area contributed by atoms with Crippen LogP contribution in [0.5, 0.6) is 0 Å². The van der Waals surface area contributed by atoms with E-state index in [2.05, 4.69) is 27.1 Å². The zero-order valence-corrected chi connectivity index (χ0v) is 10.5. The minimum atomic E-state index is -0.527. The number of hydrogen-bond donors (Lipinski definition) is 2. The maximum Gasteiger partial charge on any atom is 0.408 e. The van der Waals surface area contributed by atoms with Gasteiger partial charge in [0.2, 0.25) is 0 Å². The molecule has 6 nitrogen and oxygen atoms in total. The number of rotatable bonds is 1. The quantitative estimate of drug-likeness (QED) is 0.715. The van der Waals surface area contributed by atoms with Gasteiger partial charge in [-0.05, 0) is 20.8 Å². The second kappa shape index (κ2) is 5.87. The summed E-state index contributed by atoms with van der Waals surface area (Å²) in [4.78, 5) is 27.9. The van der Waals surface area contributed by atoms with Crippen molar-refractivity contribution in [3.05, 3.63) is 28.4 Å².